The van der Waals surface area contributed by atoms with Crippen molar-refractivity contribution in [1.82, 2.24) is 10.4 Å². The molecule has 2 aromatic rings. The summed E-state index contributed by atoms with van der Waals surface area (Å²) in [5, 5.41) is 20.5. The molecule has 2 aliphatic rings. The Kier molecular flexibility index (Phi) is 6.25. The lowest BCUT2D eigenvalue weighted by atomic mass is 9.68. The highest BCUT2D eigenvalue weighted by molar-refractivity contribution is 5.87. The van der Waals surface area contributed by atoms with Crippen LogP contribution in [0.25, 0.3) is 0 Å². The van der Waals surface area contributed by atoms with Gasteiger partial charge in [-0.15, -0.1) is 0 Å². The molecule has 2 amide bonds. The van der Waals surface area contributed by atoms with E-state index in [2.05, 4.69) is 17.0 Å². The number of aliphatic hydroxyl groups is 1. The first-order valence-corrected chi connectivity index (χ1v) is 10.8. The quantitative estimate of drug-likeness (QED) is 0.518. The van der Waals surface area contributed by atoms with Crippen molar-refractivity contribution in [1.29, 1.82) is 0 Å². The van der Waals surface area contributed by atoms with E-state index in [9.17, 15) is 19.9 Å². The number of amides is 2. The van der Waals surface area contributed by atoms with E-state index < -0.39 is 23.3 Å². The first-order valence-electron chi connectivity index (χ1n) is 10.8. The molecule has 1 saturated heterocycles. The lowest BCUT2D eigenvalue weighted by Gasteiger charge is -2.43. The zero-order valence-electron chi connectivity index (χ0n) is 17.5. The van der Waals surface area contributed by atoms with Gasteiger partial charge in [-0.05, 0) is 37.0 Å². The van der Waals surface area contributed by atoms with Crippen LogP contribution >= 0.6 is 0 Å². The molecule has 3 N–H and O–H groups in total. The minimum atomic E-state index is -1.19. The van der Waals surface area contributed by atoms with Crippen molar-refractivity contribution in [2.24, 2.45) is 11.8 Å². The molecule has 7 nitrogen and oxygen atoms in total. The summed E-state index contributed by atoms with van der Waals surface area (Å²) in [4.78, 5) is 29.9. The summed E-state index contributed by atoms with van der Waals surface area (Å²) in [6.07, 6.45) is 0.887. The maximum atomic E-state index is 13.3. The molecule has 1 heterocycles. The summed E-state index contributed by atoms with van der Waals surface area (Å²) >= 11 is 0. The molecule has 1 aliphatic heterocycles. The number of anilines is 1. The Labute approximate surface area is 182 Å². The van der Waals surface area contributed by atoms with Gasteiger partial charge in [-0.2, -0.15) is 0 Å². The smallest absolute Gasteiger partial charge is 0.247 e. The van der Waals surface area contributed by atoms with Crippen LogP contribution in [0.3, 0.4) is 0 Å². The lowest BCUT2D eigenvalue weighted by Crippen LogP contribution is -2.54. The molecule has 0 spiro atoms. The molecule has 0 unspecified atom stereocenters. The van der Waals surface area contributed by atoms with Crippen molar-refractivity contribution in [3.63, 3.8) is 0 Å². The van der Waals surface area contributed by atoms with Crippen LogP contribution in [0.2, 0.25) is 0 Å². The third-order valence-electron chi connectivity index (χ3n) is 6.70. The van der Waals surface area contributed by atoms with Gasteiger partial charge < -0.3 is 14.9 Å². The number of nitrogens with one attached hydrogen (secondary N) is 1. The zero-order chi connectivity index (χ0) is 21.8. The van der Waals surface area contributed by atoms with Crippen molar-refractivity contribution in [2.45, 2.75) is 24.9 Å². The van der Waals surface area contributed by atoms with Gasteiger partial charge in [0.1, 0.15) is 0 Å². The van der Waals surface area contributed by atoms with Crippen LogP contribution in [0.4, 0.5) is 5.69 Å². The zero-order valence-corrected chi connectivity index (χ0v) is 17.5. The van der Waals surface area contributed by atoms with Crippen molar-refractivity contribution < 1.29 is 19.9 Å². The summed E-state index contributed by atoms with van der Waals surface area (Å²) in [6, 6.07) is 19.3. The van der Waals surface area contributed by atoms with E-state index in [1.807, 2.05) is 53.4 Å². The Balaban J connectivity index is 1.45. The van der Waals surface area contributed by atoms with E-state index in [0.29, 0.717) is 25.9 Å². The molecule has 0 aromatic heterocycles. The second-order valence-corrected chi connectivity index (χ2v) is 8.48. The maximum Gasteiger partial charge on any atom is 0.247 e. The number of carbonyl (C=O) groups is 2. The first kappa shape index (κ1) is 21.3. The average molecular weight is 424 g/mol. The molecule has 0 bridgehead atoms. The largest absolute Gasteiger partial charge is 0.385 e. The van der Waals surface area contributed by atoms with Gasteiger partial charge in [0.2, 0.25) is 11.8 Å². The third kappa shape index (κ3) is 4.43. The molecule has 2 aromatic carbocycles. The third-order valence-corrected chi connectivity index (χ3v) is 6.70. The van der Waals surface area contributed by atoms with Gasteiger partial charge in [0.15, 0.2) is 0 Å². The molecular formula is C24H29N3O4. The van der Waals surface area contributed by atoms with Crippen LogP contribution in [-0.4, -0.2) is 53.2 Å². The number of piperazine rings is 1. The Bertz CT molecular complexity index is 900. The number of hydrogen-bond donors (Lipinski definition) is 3. The Morgan fingerprint density at radius 1 is 0.903 bits per heavy atom. The molecule has 1 saturated carbocycles. The van der Waals surface area contributed by atoms with Crippen molar-refractivity contribution in [3.05, 3.63) is 66.2 Å². The van der Waals surface area contributed by atoms with Crippen LogP contribution in [0.15, 0.2) is 60.7 Å². The van der Waals surface area contributed by atoms with Gasteiger partial charge in [-0.25, -0.2) is 5.48 Å². The number of hydrogen-bond acceptors (Lipinski definition) is 5. The monoisotopic (exact) mass is 423 g/mol. The number of carbonyl (C=O) groups excluding carboxylic acids is 2. The highest BCUT2D eigenvalue weighted by Crippen LogP contribution is 2.43. The van der Waals surface area contributed by atoms with Crippen molar-refractivity contribution >= 4 is 17.5 Å². The summed E-state index contributed by atoms with van der Waals surface area (Å²) < 4.78 is 0. The second-order valence-electron chi connectivity index (χ2n) is 8.48. The Morgan fingerprint density at radius 2 is 1.52 bits per heavy atom. The fourth-order valence-corrected chi connectivity index (χ4v) is 4.93. The predicted molar refractivity (Wildman–Crippen MR) is 116 cm³/mol. The van der Waals surface area contributed by atoms with Crippen molar-refractivity contribution in [2.75, 3.05) is 31.1 Å². The van der Waals surface area contributed by atoms with E-state index in [1.54, 1.807) is 5.48 Å². The molecule has 31 heavy (non-hydrogen) atoms. The van der Waals surface area contributed by atoms with E-state index in [4.69, 9.17) is 0 Å². The summed E-state index contributed by atoms with van der Waals surface area (Å²) in [7, 11) is 0. The molecule has 0 radical (unpaired) electrons. The highest BCUT2D eigenvalue weighted by atomic mass is 16.5. The minimum absolute atomic E-state index is 0.0728. The molecular weight excluding hydrogens is 394 g/mol. The lowest BCUT2D eigenvalue weighted by molar-refractivity contribution is -0.153. The Morgan fingerprint density at radius 3 is 2.13 bits per heavy atom. The van der Waals surface area contributed by atoms with Gasteiger partial charge in [0.05, 0.1) is 17.4 Å². The summed E-state index contributed by atoms with van der Waals surface area (Å²) in [5.41, 5.74) is 2.38. The number of rotatable bonds is 4. The molecule has 7 heteroatoms. The number of benzene rings is 2. The van der Waals surface area contributed by atoms with Crippen LogP contribution in [0.1, 0.15) is 24.8 Å². The van der Waals surface area contributed by atoms with E-state index in [1.165, 1.54) is 0 Å². The average Bonchev–Trinajstić information content (AvgIpc) is 2.84. The standard InChI is InChI=1S/C24H29N3O4/c28-22(25-31)21-17-24(30,18-7-3-1-4-8-18)12-11-20(21)23(29)27-15-13-26(14-16-27)19-9-5-2-6-10-19/h1-10,20-21,30-31H,11-17H2,(H,25,28)/t20-,21-,24+/m0/s1. The number of para-hydroxylation sites is 1. The summed E-state index contributed by atoms with van der Waals surface area (Å²) in [5.74, 6) is -2.03. The summed E-state index contributed by atoms with van der Waals surface area (Å²) in [6.45, 7) is 2.63. The van der Waals surface area contributed by atoms with E-state index in [-0.39, 0.29) is 12.3 Å². The van der Waals surface area contributed by atoms with Gasteiger partial charge in [0, 0.05) is 31.9 Å². The fourth-order valence-electron chi connectivity index (χ4n) is 4.93. The molecule has 1 aliphatic carbocycles. The maximum absolute atomic E-state index is 13.3. The number of nitrogens with zero attached hydrogens (tertiary/aromatic N) is 2. The topological polar surface area (TPSA) is 93.1 Å². The van der Waals surface area contributed by atoms with Gasteiger partial charge in [-0.1, -0.05) is 48.5 Å². The van der Waals surface area contributed by atoms with Gasteiger partial charge in [0.25, 0.3) is 0 Å². The molecule has 4 rings (SSSR count). The normalized spacial score (nSPS) is 26.4. The van der Waals surface area contributed by atoms with Crippen molar-refractivity contribution in [3.8, 4) is 0 Å². The van der Waals surface area contributed by atoms with Gasteiger partial charge in [-0.3, -0.25) is 14.8 Å². The number of hydroxylamine groups is 1. The van der Waals surface area contributed by atoms with Crippen LogP contribution in [-0.2, 0) is 15.2 Å². The van der Waals surface area contributed by atoms with E-state index >= 15 is 0 Å². The van der Waals surface area contributed by atoms with E-state index in [0.717, 1.165) is 24.3 Å². The highest BCUT2D eigenvalue weighted by Gasteiger charge is 2.47. The SMILES string of the molecule is O=C(NO)[C@H]1C[C@@](O)(c2ccccc2)CC[C@@H]1C(=O)N1CCN(c2ccccc2)CC1. The van der Waals surface area contributed by atoms with Crippen LogP contribution in [0.5, 0.6) is 0 Å². The second kappa shape index (κ2) is 9.08. The molecule has 3 atom stereocenters. The first-order chi connectivity index (χ1) is 15.0. The molecule has 2 fully saturated rings. The molecule has 164 valence electrons. The van der Waals surface area contributed by atoms with Crippen LogP contribution in [0, 0.1) is 11.8 Å². The van der Waals surface area contributed by atoms with Gasteiger partial charge >= 0.3 is 0 Å². The Hall–Kier alpha value is -2.90. The predicted octanol–water partition coefficient (Wildman–Crippen LogP) is 2.14. The van der Waals surface area contributed by atoms with Crippen LogP contribution < -0.4 is 10.4 Å². The minimum Gasteiger partial charge on any atom is -0.385 e. The fraction of sp³-hybridized carbons (Fsp3) is 0.417.